The number of aromatic nitrogens is 1. The number of aryl methyl sites for hydroxylation is 1. The van der Waals surface area contributed by atoms with E-state index in [1.165, 1.54) is 0 Å². The molecule has 0 fully saturated rings. The van der Waals surface area contributed by atoms with Crippen molar-refractivity contribution in [2.24, 2.45) is 0 Å². The van der Waals surface area contributed by atoms with E-state index >= 15 is 0 Å². The van der Waals surface area contributed by atoms with Crippen LogP contribution in [0.3, 0.4) is 0 Å². The maximum atomic E-state index is 11.9. The summed E-state index contributed by atoms with van der Waals surface area (Å²) in [6.07, 6.45) is 2.32. The van der Waals surface area contributed by atoms with Crippen molar-refractivity contribution in [3.8, 4) is 0 Å². The second-order valence-electron chi connectivity index (χ2n) is 4.47. The van der Waals surface area contributed by atoms with Crippen molar-refractivity contribution in [1.82, 2.24) is 10.3 Å². The number of hydrogen-bond acceptors (Lipinski definition) is 2. The smallest absolute Gasteiger partial charge is 0.253 e. The van der Waals surface area contributed by atoms with Crippen molar-refractivity contribution < 1.29 is 4.79 Å². The zero-order chi connectivity index (χ0) is 12.2. The first-order valence-electron chi connectivity index (χ1n) is 5.26. The molecule has 0 spiro atoms. The van der Waals surface area contributed by atoms with Crippen LogP contribution in [-0.2, 0) is 0 Å². The van der Waals surface area contributed by atoms with E-state index in [0.29, 0.717) is 11.4 Å². The molecule has 0 atom stereocenters. The molecule has 0 unspecified atom stereocenters. The third-order valence-electron chi connectivity index (χ3n) is 2.34. The first kappa shape index (κ1) is 13.0. The van der Waals surface area contributed by atoms with Crippen LogP contribution >= 0.6 is 11.6 Å². The average Bonchev–Trinajstić information content (AvgIpc) is 2.17. The van der Waals surface area contributed by atoms with E-state index in [-0.39, 0.29) is 11.4 Å². The molecule has 3 nitrogen and oxygen atoms in total. The third kappa shape index (κ3) is 3.81. The summed E-state index contributed by atoms with van der Waals surface area (Å²) in [5.41, 5.74) is 1.19. The molecule has 1 aromatic heterocycles. The van der Waals surface area contributed by atoms with Crippen LogP contribution in [0.5, 0.6) is 0 Å². The molecule has 0 aromatic carbocycles. The molecule has 88 valence electrons. The fraction of sp³-hybridized carbons (Fsp3) is 0.500. The van der Waals surface area contributed by atoms with Crippen LogP contribution in [0.15, 0.2) is 18.3 Å². The lowest BCUT2D eigenvalue weighted by Gasteiger charge is -2.25. The normalized spacial score (nSPS) is 11.2. The van der Waals surface area contributed by atoms with Crippen LogP contribution in [-0.4, -0.2) is 22.3 Å². The second-order valence-corrected chi connectivity index (χ2v) is 4.84. The van der Waals surface area contributed by atoms with Crippen LogP contribution in [0.4, 0.5) is 0 Å². The lowest BCUT2D eigenvalue weighted by atomic mass is 10.0. The highest BCUT2D eigenvalue weighted by Gasteiger charge is 2.20. The molecule has 1 amide bonds. The molecular formula is C12H17ClN2O. The van der Waals surface area contributed by atoms with Gasteiger partial charge in [-0.05, 0) is 39.3 Å². The zero-order valence-corrected chi connectivity index (χ0v) is 10.6. The van der Waals surface area contributed by atoms with E-state index in [1.807, 2.05) is 26.8 Å². The average molecular weight is 241 g/mol. The summed E-state index contributed by atoms with van der Waals surface area (Å²) in [6, 6.07) is 3.60. The largest absolute Gasteiger partial charge is 0.347 e. The Balaban J connectivity index is 2.69. The number of alkyl halides is 1. The Hall–Kier alpha value is -1.09. The number of amides is 1. The maximum Gasteiger partial charge on any atom is 0.253 e. The number of nitrogens with one attached hydrogen (secondary N) is 1. The van der Waals surface area contributed by atoms with Gasteiger partial charge in [-0.25, -0.2) is 0 Å². The van der Waals surface area contributed by atoms with Gasteiger partial charge in [-0.1, -0.05) is 0 Å². The molecule has 1 heterocycles. The monoisotopic (exact) mass is 240 g/mol. The molecule has 0 aliphatic rings. The lowest BCUT2D eigenvalue weighted by Crippen LogP contribution is -2.43. The second kappa shape index (κ2) is 5.30. The fourth-order valence-electron chi connectivity index (χ4n) is 1.28. The van der Waals surface area contributed by atoms with Crippen LogP contribution in [0.2, 0.25) is 0 Å². The van der Waals surface area contributed by atoms with Crippen molar-refractivity contribution in [3.63, 3.8) is 0 Å². The number of pyridine rings is 1. The number of hydrogen-bond donors (Lipinski definition) is 1. The molecule has 1 aromatic rings. The highest BCUT2D eigenvalue weighted by molar-refractivity contribution is 6.17. The van der Waals surface area contributed by atoms with Crippen LogP contribution in [0.25, 0.3) is 0 Å². The zero-order valence-electron chi connectivity index (χ0n) is 9.88. The maximum absolute atomic E-state index is 11.9. The first-order chi connectivity index (χ1) is 7.44. The van der Waals surface area contributed by atoms with E-state index in [9.17, 15) is 4.79 Å². The third-order valence-corrected chi connectivity index (χ3v) is 2.53. The van der Waals surface area contributed by atoms with Crippen LogP contribution in [0, 0.1) is 6.92 Å². The Morgan fingerprint density at radius 3 is 2.69 bits per heavy atom. The van der Waals surface area contributed by atoms with Gasteiger partial charge in [-0.2, -0.15) is 0 Å². The number of rotatable bonds is 4. The van der Waals surface area contributed by atoms with E-state index in [4.69, 9.17) is 11.6 Å². The molecule has 0 bridgehead atoms. The van der Waals surface area contributed by atoms with Gasteiger partial charge in [0.25, 0.3) is 5.91 Å². The summed E-state index contributed by atoms with van der Waals surface area (Å²) < 4.78 is 0. The SMILES string of the molecule is Cc1ccc(C(=O)NC(C)(C)CCCl)cn1. The minimum Gasteiger partial charge on any atom is -0.347 e. The lowest BCUT2D eigenvalue weighted by molar-refractivity contribution is 0.0911. The van der Waals surface area contributed by atoms with Crippen molar-refractivity contribution in [1.29, 1.82) is 0 Å². The number of carbonyl (C=O) groups excluding carboxylic acids is 1. The number of halogens is 1. The molecule has 4 heteroatoms. The summed E-state index contributed by atoms with van der Waals surface area (Å²) in [5, 5.41) is 2.93. The minimum atomic E-state index is -0.288. The fourth-order valence-corrected chi connectivity index (χ4v) is 1.75. The summed E-state index contributed by atoms with van der Waals surface area (Å²) in [5.74, 6) is 0.419. The molecule has 0 radical (unpaired) electrons. The standard InChI is InChI=1S/C12H17ClN2O/c1-9-4-5-10(8-14-9)11(16)15-12(2,3)6-7-13/h4-5,8H,6-7H2,1-3H3,(H,15,16). The van der Waals surface area contributed by atoms with E-state index in [2.05, 4.69) is 10.3 Å². The summed E-state index contributed by atoms with van der Waals surface area (Å²) >= 11 is 5.67. The molecule has 0 saturated carbocycles. The van der Waals surface area contributed by atoms with Gasteiger partial charge in [0.1, 0.15) is 0 Å². The predicted octanol–water partition coefficient (Wildman–Crippen LogP) is 2.53. The van der Waals surface area contributed by atoms with Gasteiger partial charge in [0.05, 0.1) is 5.56 Å². The van der Waals surface area contributed by atoms with Crippen LogP contribution in [0.1, 0.15) is 36.3 Å². The molecular weight excluding hydrogens is 224 g/mol. The molecule has 0 aliphatic heterocycles. The highest BCUT2D eigenvalue weighted by Crippen LogP contribution is 2.11. The topological polar surface area (TPSA) is 42.0 Å². The van der Waals surface area contributed by atoms with Gasteiger partial charge in [0, 0.05) is 23.3 Å². The first-order valence-corrected chi connectivity index (χ1v) is 5.79. The van der Waals surface area contributed by atoms with E-state index < -0.39 is 0 Å². The Morgan fingerprint density at radius 2 is 2.19 bits per heavy atom. The minimum absolute atomic E-state index is 0.109. The number of carbonyl (C=O) groups is 1. The van der Waals surface area contributed by atoms with Gasteiger partial charge in [0.15, 0.2) is 0 Å². The summed E-state index contributed by atoms with van der Waals surface area (Å²) in [7, 11) is 0. The van der Waals surface area contributed by atoms with Gasteiger partial charge >= 0.3 is 0 Å². The Morgan fingerprint density at radius 1 is 1.50 bits per heavy atom. The van der Waals surface area contributed by atoms with Crippen molar-refractivity contribution >= 4 is 17.5 Å². The quantitative estimate of drug-likeness (QED) is 0.822. The van der Waals surface area contributed by atoms with Crippen molar-refractivity contribution in [3.05, 3.63) is 29.6 Å². The van der Waals surface area contributed by atoms with E-state index in [1.54, 1.807) is 12.3 Å². The Kier molecular flexibility index (Phi) is 4.30. The van der Waals surface area contributed by atoms with Crippen molar-refractivity contribution in [2.45, 2.75) is 32.7 Å². The molecule has 1 N–H and O–H groups in total. The van der Waals surface area contributed by atoms with Gasteiger partial charge in [-0.15, -0.1) is 11.6 Å². The van der Waals surface area contributed by atoms with Gasteiger partial charge in [0.2, 0.25) is 0 Å². The van der Waals surface area contributed by atoms with Gasteiger partial charge < -0.3 is 5.32 Å². The van der Waals surface area contributed by atoms with Gasteiger partial charge in [-0.3, -0.25) is 9.78 Å². The summed E-state index contributed by atoms with van der Waals surface area (Å²) in [4.78, 5) is 15.9. The molecule has 16 heavy (non-hydrogen) atoms. The van der Waals surface area contributed by atoms with Crippen molar-refractivity contribution in [2.75, 3.05) is 5.88 Å². The van der Waals surface area contributed by atoms with Crippen LogP contribution < -0.4 is 5.32 Å². The molecule has 0 saturated heterocycles. The van der Waals surface area contributed by atoms with E-state index in [0.717, 1.165) is 12.1 Å². The molecule has 0 aliphatic carbocycles. The highest BCUT2D eigenvalue weighted by atomic mass is 35.5. The molecule has 1 rings (SSSR count). The summed E-state index contributed by atoms with van der Waals surface area (Å²) in [6.45, 7) is 5.79. The predicted molar refractivity (Wildman–Crippen MR) is 65.9 cm³/mol. The Labute approximate surface area is 101 Å². The number of nitrogens with zero attached hydrogens (tertiary/aromatic N) is 1. The Bertz CT molecular complexity index is 360.